The zero-order chi connectivity index (χ0) is 8.97. The number of rotatable bonds is 1. The Hall–Kier alpha value is -0.520. The van der Waals surface area contributed by atoms with E-state index in [1.807, 2.05) is 6.92 Å². The van der Waals surface area contributed by atoms with Gasteiger partial charge in [-0.05, 0) is 20.8 Å². The monoisotopic (exact) mass is 166 g/mol. The Kier molecular flexibility index (Phi) is 3.58. The summed E-state index contributed by atoms with van der Waals surface area (Å²) >= 11 is 0. The number of piperazine rings is 1. The van der Waals surface area contributed by atoms with E-state index < -0.39 is 0 Å². The molecule has 1 fully saturated rings. The van der Waals surface area contributed by atoms with Gasteiger partial charge in [0.2, 0.25) is 0 Å². The van der Waals surface area contributed by atoms with Crippen molar-refractivity contribution in [2.75, 3.05) is 19.6 Å². The van der Waals surface area contributed by atoms with Crippen LogP contribution in [0.4, 0.5) is 0 Å². The van der Waals surface area contributed by atoms with Crippen LogP contribution in [0.3, 0.4) is 0 Å². The van der Waals surface area contributed by atoms with Crippen molar-refractivity contribution in [2.24, 2.45) is 0 Å². The van der Waals surface area contributed by atoms with E-state index >= 15 is 0 Å². The van der Waals surface area contributed by atoms with E-state index in [9.17, 15) is 0 Å². The summed E-state index contributed by atoms with van der Waals surface area (Å²) in [5, 5.41) is 3.40. The van der Waals surface area contributed by atoms with Crippen LogP contribution in [0.25, 0.3) is 0 Å². The molecule has 2 atom stereocenters. The first-order chi connectivity index (χ1) is 5.75. The maximum Gasteiger partial charge on any atom is 0.0607 e. The minimum Gasteiger partial charge on any atom is -0.314 e. The normalized spacial score (nSPS) is 30.9. The van der Waals surface area contributed by atoms with Crippen LogP contribution < -0.4 is 5.32 Å². The molecule has 0 aromatic rings. The molecule has 2 unspecified atom stereocenters. The topological polar surface area (TPSA) is 15.3 Å². The Labute approximate surface area is 75.3 Å². The van der Waals surface area contributed by atoms with Crippen LogP contribution >= 0.6 is 0 Å². The van der Waals surface area contributed by atoms with Crippen molar-refractivity contribution < 1.29 is 0 Å². The molecule has 1 saturated heterocycles. The minimum absolute atomic E-state index is 0.620. The molecular formula is C10H18N2. The zero-order valence-electron chi connectivity index (χ0n) is 8.22. The molecule has 1 aliphatic heterocycles. The Balaban J connectivity index is 2.48. The van der Waals surface area contributed by atoms with E-state index in [2.05, 4.69) is 35.9 Å². The molecule has 12 heavy (non-hydrogen) atoms. The fourth-order valence-corrected chi connectivity index (χ4v) is 1.65. The van der Waals surface area contributed by atoms with Gasteiger partial charge in [0, 0.05) is 25.2 Å². The maximum absolute atomic E-state index is 3.40. The van der Waals surface area contributed by atoms with Crippen molar-refractivity contribution in [3.05, 3.63) is 0 Å². The van der Waals surface area contributed by atoms with E-state index in [1.165, 1.54) is 0 Å². The second-order valence-corrected chi connectivity index (χ2v) is 3.46. The van der Waals surface area contributed by atoms with Crippen LogP contribution in [0, 0.1) is 11.8 Å². The number of hydrogen-bond donors (Lipinski definition) is 1. The van der Waals surface area contributed by atoms with Crippen molar-refractivity contribution in [3.63, 3.8) is 0 Å². The second kappa shape index (κ2) is 4.49. The first-order valence-corrected chi connectivity index (χ1v) is 4.61. The van der Waals surface area contributed by atoms with E-state index in [0.29, 0.717) is 12.1 Å². The number of nitrogens with zero attached hydrogens (tertiary/aromatic N) is 1. The largest absolute Gasteiger partial charge is 0.314 e. The summed E-state index contributed by atoms with van der Waals surface area (Å²) in [6.07, 6.45) is 0. The van der Waals surface area contributed by atoms with E-state index in [-0.39, 0.29) is 0 Å². The van der Waals surface area contributed by atoms with Gasteiger partial charge in [0.05, 0.1) is 6.54 Å². The molecule has 1 aliphatic rings. The van der Waals surface area contributed by atoms with Gasteiger partial charge in [0.1, 0.15) is 0 Å². The lowest BCUT2D eigenvalue weighted by Crippen LogP contribution is -2.54. The SMILES string of the molecule is CC#CCN1C(C)CNCC1C. The van der Waals surface area contributed by atoms with Gasteiger partial charge in [-0.1, -0.05) is 5.92 Å². The quantitative estimate of drug-likeness (QED) is 0.577. The highest BCUT2D eigenvalue weighted by atomic mass is 15.2. The molecule has 0 spiro atoms. The molecule has 1 heterocycles. The molecule has 0 aliphatic carbocycles. The fraction of sp³-hybridized carbons (Fsp3) is 0.800. The van der Waals surface area contributed by atoms with Crippen molar-refractivity contribution in [1.82, 2.24) is 10.2 Å². The lowest BCUT2D eigenvalue weighted by atomic mass is 10.1. The van der Waals surface area contributed by atoms with E-state index in [4.69, 9.17) is 0 Å². The summed E-state index contributed by atoms with van der Waals surface area (Å²) in [6, 6.07) is 1.24. The van der Waals surface area contributed by atoms with Crippen LogP contribution in [0.15, 0.2) is 0 Å². The molecule has 0 aromatic heterocycles. The Morgan fingerprint density at radius 2 is 1.92 bits per heavy atom. The zero-order valence-corrected chi connectivity index (χ0v) is 8.22. The highest BCUT2D eigenvalue weighted by Gasteiger charge is 2.22. The lowest BCUT2D eigenvalue weighted by Gasteiger charge is -2.38. The predicted octanol–water partition coefficient (Wildman–Crippen LogP) is 0.692. The first-order valence-electron chi connectivity index (χ1n) is 4.61. The average molecular weight is 166 g/mol. The summed E-state index contributed by atoms with van der Waals surface area (Å²) in [6.45, 7) is 9.50. The van der Waals surface area contributed by atoms with Crippen molar-refractivity contribution in [1.29, 1.82) is 0 Å². The van der Waals surface area contributed by atoms with Gasteiger partial charge >= 0.3 is 0 Å². The van der Waals surface area contributed by atoms with Crippen molar-refractivity contribution in [3.8, 4) is 11.8 Å². The van der Waals surface area contributed by atoms with Gasteiger partial charge in [-0.2, -0.15) is 0 Å². The fourth-order valence-electron chi connectivity index (χ4n) is 1.65. The molecule has 2 heteroatoms. The molecular weight excluding hydrogens is 148 g/mol. The molecule has 0 radical (unpaired) electrons. The Bertz CT molecular complexity index is 180. The lowest BCUT2D eigenvalue weighted by molar-refractivity contribution is 0.135. The summed E-state index contributed by atoms with van der Waals surface area (Å²) in [5.74, 6) is 6.07. The van der Waals surface area contributed by atoms with Crippen LogP contribution in [-0.4, -0.2) is 36.6 Å². The summed E-state index contributed by atoms with van der Waals surface area (Å²) < 4.78 is 0. The molecule has 68 valence electrons. The molecule has 0 bridgehead atoms. The van der Waals surface area contributed by atoms with Crippen molar-refractivity contribution >= 4 is 0 Å². The van der Waals surface area contributed by atoms with E-state index in [1.54, 1.807) is 0 Å². The highest BCUT2D eigenvalue weighted by molar-refractivity contribution is 5.00. The molecule has 2 nitrogen and oxygen atoms in total. The Morgan fingerprint density at radius 1 is 1.33 bits per heavy atom. The van der Waals surface area contributed by atoms with Gasteiger partial charge in [-0.15, -0.1) is 5.92 Å². The highest BCUT2D eigenvalue weighted by Crippen LogP contribution is 2.07. The predicted molar refractivity (Wildman–Crippen MR) is 51.9 cm³/mol. The molecule has 1 N–H and O–H groups in total. The Morgan fingerprint density at radius 3 is 2.42 bits per heavy atom. The first kappa shape index (κ1) is 9.57. The molecule has 0 aromatic carbocycles. The van der Waals surface area contributed by atoms with Gasteiger partial charge < -0.3 is 5.32 Å². The van der Waals surface area contributed by atoms with Crippen molar-refractivity contribution in [2.45, 2.75) is 32.9 Å². The van der Waals surface area contributed by atoms with Crippen LogP contribution in [0.2, 0.25) is 0 Å². The third-order valence-electron chi connectivity index (χ3n) is 2.45. The molecule has 1 rings (SSSR count). The number of nitrogens with one attached hydrogen (secondary N) is 1. The van der Waals surface area contributed by atoms with Crippen LogP contribution in [-0.2, 0) is 0 Å². The minimum atomic E-state index is 0.620. The molecule has 0 amide bonds. The van der Waals surface area contributed by atoms with Gasteiger partial charge in [0.25, 0.3) is 0 Å². The summed E-state index contributed by atoms with van der Waals surface area (Å²) in [4.78, 5) is 2.45. The third-order valence-corrected chi connectivity index (χ3v) is 2.45. The maximum atomic E-state index is 3.40. The standard InChI is InChI=1S/C10H18N2/c1-4-5-6-12-9(2)7-11-8-10(12)3/h9-11H,6-8H2,1-3H3. The third kappa shape index (κ3) is 2.23. The van der Waals surface area contributed by atoms with Gasteiger partial charge in [-0.3, -0.25) is 4.90 Å². The summed E-state index contributed by atoms with van der Waals surface area (Å²) in [7, 11) is 0. The van der Waals surface area contributed by atoms with Gasteiger partial charge in [-0.25, -0.2) is 0 Å². The second-order valence-electron chi connectivity index (χ2n) is 3.46. The smallest absolute Gasteiger partial charge is 0.0607 e. The van der Waals surface area contributed by atoms with Gasteiger partial charge in [0.15, 0.2) is 0 Å². The molecule has 0 saturated carbocycles. The van der Waals surface area contributed by atoms with Crippen LogP contribution in [0.1, 0.15) is 20.8 Å². The number of hydrogen-bond acceptors (Lipinski definition) is 2. The average Bonchev–Trinajstić information content (AvgIpc) is 2.04. The van der Waals surface area contributed by atoms with E-state index in [0.717, 1.165) is 19.6 Å². The van der Waals surface area contributed by atoms with Crippen LogP contribution in [0.5, 0.6) is 0 Å². The summed E-state index contributed by atoms with van der Waals surface area (Å²) in [5.41, 5.74) is 0.